The summed E-state index contributed by atoms with van der Waals surface area (Å²) < 4.78 is 0. The first kappa shape index (κ1) is 8.01. The van der Waals surface area contributed by atoms with Gasteiger partial charge in [-0.05, 0) is 40.6 Å². The van der Waals surface area contributed by atoms with Crippen LogP contribution in [-0.4, -0.2) is 10.2 Å². The molecule has 68 valence electrons. The van der Waals surface area contributed by atoms with Crippen LogP contribution in [0.1, 0.15) is 18.1 Å². The largest absolute Gasteiger partial charge is 0.0610 e. The molecular formula is C13H12Si. The fraction of sp³-hybridized carbons (Fsp3) is 0.0769. The minimum atomic E-state index is 1.15. The van der Waals surface area contributed by atoms with Gasteiger partial charge in [-0.1, -0.05) is 35.1 Å². The van der Waals surface area contributed by atoms with Gasteiger partial charge in [0.2, 0.25) is 0 Å². The molecule has 14 heavy (non-hydrogen) atoms. The Bertz CT molecular complexity index is 601. The summed E-state index contributed by atoms with van der Waals surface area (Å²) >= 11 is 0. The molecule has 0 fully saturated rings. The molecule has 0 saturated heterocycles. The Hall–Kier alpha value is -1.34. The standard InChI is InChI=1S/C13H12Si/c1-8-5-11-6-9-3-2-4-10(9)7-12(11)13(8)14/h2-7H,1,14H3. The highest BCUT2D eigenvalue weighted by Crippen LogP contribution is 2.16. The molecule has 0 heterocycles. The van der Waals surface area contributed by atoms with Crippen LogP contribution in [-0.2, 0) is 0 Å². The summed E-state index contributed by atoms with van der Waals surface area (Å²) in [5.41, 5.74) is 4.24. The van der Waals surface area contributed by atoms with E-state index in [1.807, 2.05) is 0 Å². The van der Waals surface area contributed by atoms with Crippen LogP contribution >= 0.6 is 0 Å². The third-order valence-corrected chi connectivity index (χ3v) is 4.50. The second kappa shape index (κ2) is 2.58. The predicted octanol–water partition coefficient (Wildman–Crippen LogP) is 0.384. The molecule has 0 bridgehead atoms. The zero-order chi connectivity index (χ0) is 9.71. The van der Waals surface area contributed by atoms with Gasteiger partial charge in [0.1, 0.15) is 0 Å². The van der Waals surface area contributed by atoms with Crippen LogP contribution in [0.25, 0.3) is 23.4 Å². The molecule has 0 N–H and O–H groups in total. The van der Waals surface area contributed by atoms with Crippen molar-refractivity contribution < 1.29 is 0 Å². The minimum Gasteiger partial charge on any atom is -0.0610 e. The Labute approximate surface area is 86.4 Å². The average molecular weight is 196 g/mol. The Balaban J connectivity index is 2.46. The van der Waals surface area contributed by atoms with Gasteiger partial charge in [0.15, 0.2) is 0 Å². The van der Waals surface area contributed by atoms with E-state index in [2.05, 4.69) is 43.4 Å². The zero-order valence-electron chi connectivity index (χ0n) is 8.46. The van der Waals surface area contributed by atoms with Crippen molar-refractivity contribution >= 4 is 33.7 Å². The van der Waals surface area contributed by atoms with Gasteiger partial charge < -0.3 is 0 Å². The molecule has 0 unspecified atom stereocenters. The second-order valence-electron chi connectivity index (χ2n) is 4.05. The van der Waals surface area contributed by atoms with E-state index in [-0.39, 0.29) is 0 Å². The fourth-order valence-electron chi connectivity index (χ4n) is 2.19. The number of benzene rings is 1. The van der Waals surface area contributed by atoms with Gasteiger partial charge in [-0.25, -0.2) is 0 Å². The smallest absolute Gasteiger partial charge is 0.0396 e. The van der Waals surface area contributed by atoms with Crippen molar-refractivity contribution in [3.8, 4) is 0 Å². The lowest BCUT2D eigenvalue weighted by atomic mass is 10.1. The SMILES string of the molecule is CC1=Cc2cc3c(cc2=C1[SiH3])C=CC=3. The van der Waals surface area contributed by atoms with Crippen molar-refractivity contribution in [3.63, 3.8) is 0 Å². The lowest BCUT2D eigenvalue weighted by Crippen LogP contribution is -2.14. The van der Waals surface area contributed by atoms with Crippen LogP contribution in [0.5, 0.6) is 0 Å². The maximum atomic E-state index is 2.33. The van der Waals surface area contributed by atoms with Gasteiger partial charge in [-0.2, -0.15) is 0 Å². The summed E-state index contributed by atoms with van der Waals surface area (Å²) in [6.45, 7) is 2.22. The van der Waals surface area contributed by atoms with Gasteiger partial charge in [0, 0.05) is 10.2 Å². The molecule has 0 aromatic heterocycles. The Morgan fingerprint density at radius 3 is 2.86 bits per heavy atom. The quantitative estimate of drug-likeness (QED) is 0.526. The molecule has 0 nitrogen and oxygen atoms in total. The normalized spacial score (nSPS) is 16.6. The minimum absolute atomic E-state index is 1.15. The Morgan fingerprint density at radius 1 is 1.14 bits per heavy atom. The van der Waals surface area contributed by atoms with Gasteiger partial charge in [-0.3, -0.25) is 0 Å². The molecule has 0 saturated carbocycles. The van der Waals surface area contributed by atoms with E-state index in [1.54, 1.807) is 5.20 Å². The molecule has 2 aliphatic rings. The highest BCUT2D eigenvalue weighted by atomic mass is 28.1. The predicted molar refractivity (Wildman–Crippen MR) is 66.2 cm³/mol. The van der Waals surface area contributed by atoms with Crippen LogP contribution < -0.4 is 10.4 Å². The molecule has 0 amide bonds. The van der Waals surface area contributed by atoms with Gasteiger partial charge in [-0.15, -0.1) is 0 Å². The monoisotopic (exact) mass is 196 g/mol. The van der Waals surface area contributed by atoms with Crippen LogP contribution in [0.3, 0.4) is 0 Å². The second-order valence-corrected chi connectivity index (χ2v) is 5.05. The van der Waals surface area contributed by atoms with Crippen LogP contribution in [0, 0.1) is 0 Å². The number of rotatable bonds is 0. The lowest BCUT2D eigenvalue weighted by Gasteiger charge is -1.96. The maximum Gasteiger partial charge on any atom is 0.0396 e. The van der Waals surface area contributed by atoms with Gasteiger partial charge in [0.05, 0.1) is 0 Å². The van der Waals surface area contributed by atoms with E-state index in [0.717, 1.165) is 10.2 Å². The lowest BCUT2D eigenvalue weighted by molar-refractivity contribution is 1.51. The maximum absolute atomic E-state index is 2.33. The first-order valence-electron chi connectivity index (χ1n) is 4.98. The molecule has 0 atom stereocenters. The van der Waals surface area contributed by atoms with E-state index >= 15 is 0 Å². The summed E-state index contributed by atoms with van der Waals surface area (Å²) in [6.07, 6.45) is 8.81. The van der Waals surface area contributed by atoms with E-state index < -0.39 is 0 Å². The van der Waals surface area contributed by atoms with Crippen LogP contribution in [0.15, 0.2) is 23.8 Å². The molecule has 0 radical (unpaired) electrons. The third-order valence-electron chi connectivity index (χ3n) is 3.17. The molecular weight excluding hydrogens is 184 g/mol. The summed E-state index contributed by atoms with van der Waals surface area (Å²) in [5, 5.41) is 4.39. The van der Waals surface area contributed by atoms with E-state index in [9.17, 15) is 0 Å². The van der Waals surface area contributed by atoms with E-state index in [0.29, 0.717) is 0 Å². The van der Waals surface area contributed by atoms with Crippen molar-refractivity contribution in [1.82, 2.24) is 0 Å². The summed E-state index contributed by atoms with van der Waals surface area (Å²) in [7, 11) is 1.15. The molecule has 3 rings (SSSR count). The Kier molecular flexibility index (Phi) is 1.47. The van der Waals surface area contributed by atoms with Gasteiger partial charge >= 0.3 is 0 Å². The summed E-state index contributed by atoms with van der Waals surface area (Å²) in [6, 6.07) is 4.64. The number of fused-ring (bicyclic) bond motifs is 2. The van der Waals surface area contributed by atoms with Crippen molar-refractivity contribution in [2.24, 2.45) is 0 Å². The van der Waals surface area contributed by atoms with Gasteiger partial charge in [0.25, 0.3) is 0 Å². The highest BCUT2D eigenvalue weighted by Gasteiger charge is 2.08. The van der Waals surface area contributed by atoms with Crippen molar-refractivity contribution in [3.05, 3.63) is 45.3 Å². The van der Waals surface area contributed by atoms with Crippen molar-refractivity contribution in [2.45, 2.75) is 6.92 Å². The summed E-state index contributed by atoms with van der Waals surface area (Å²) in [5.74, 6) is 0. The summed E-state index contributed by atoms with van der Waals surface area (Å²) in [4.78, 5) is 0. The number of hydrogen-bond acceptors (Lipinski definition) is 0. The highest BCUT2D eigenvalue weighted by molar-refractivity contribution is 6.43. The molecule has 1 heteroatoms. The third kappa shape index (κ3) is 0.932. The average Bonchev–Trinajstić information content (AvgIpc) is 2.70. The molecule has 1 aromatic rings. The number of allylic oxidation sites excluding steroid dienone is 2. The van der Waals surface area contributed by atoms with Crippen molar-refractivity contribution in [2.75, 3.05) is 0 Å². The zero-order valence-corrected chi connectivity index (χ0v) is 10.5. The van der Waals surface area contributed by atoms with Crippen LogP contribution in [0.4, 0.5) is 0 Å². The van der Waals surface area contributed by atoms with Crippen molar-refractivity contribution in [1.29, 1.82) is 0 Å². The van der Waals surface area contributed by atoms with Crippen LogP contribution in [0.2, 0.25) is 0 Å². The molecule has 2 aliphatic carbocycles. The molecule has 0 aliphatic heterocycles. The first-order chi connectivity index (χ1) is 6.75. The van der Waals surface area contributed by atoms with E-state index in [1.165, 1.54) is 27.1 Å². The molecule has 0 spiro atoms. The Morgan fingerprint density at radius 2 is 2.00 bits per heavy atom. The fourth-order valence-corrected chi connectivity index (χ4v) is 2.77. The number of hydrogen-bond donors (Lipinski definition) is 0. The topological polar surface area (TPSA) is 0 Å². The first-order valence-corrected chi connectivity index (χ1v) is 5.98. The van der Waals surface area contributed by atoms with E-state index in [4.69, 9.17) is 0 Å². The molecule has 1 aromatic carbocycles.